The molecule has 0 aliphatic heterocycles. The highest BCUT2D eigenvalue weighted by atomic mass is 79.9. The zero-order chi connectivity index (χ0) is 11.3. The van der Waals surface area contributed by atoms with Crippen LogP contribution in [0.1, 0.15) is 12.5 Å². The van der Waals surface area contributed by atoms with Gasteiger partial charge < -0.3 is 10.1 Å². The van der Waals surface area contributed by atoms with Crippen molar-refractivity contribution in [1.82, 2.24) is 0 Å². The fourth-order valence-electron chi connectivity index (χ4n) is 1.31. The second-order valence-corrected chi connectivity index (χ2v) is 3.95. The van der Waals surface area contributed by atoms with Crippen molar-refractivity contribution in [3.8, 4) is 5.75 Å². The first-order valence-corrected chi connectivity index (χ1v) is 5.80. The molecule has 0 saturated heterocycles. The van der Waals surface area contributed by atoms with Gasteiger partial charge in [-0.2, -0.15) is 0 Å². The molecule has 1 amide bonds. The lowest BCUT2D eigenvalue weighted by molar-refractivity contribution is -0.114. The van der Waals surface area contributed by atoms with Gasteiger partial charge in [-0.3, -0.25) is 4.79 Å². The molecule has 0 saturated carbocycles. The number of anilines is 1. The normalized spacial score (nSPS) is 9.80. The number of rotatable bonds is 4. The molecule has 0 heterocycles. The molecule has 0 atom stereocenters. The Balaban J connectivity index is 2.96. The molecule has 0 aromatic heterocycles. The number of benzene rings is 1. The lowest BCUT2D eigenvalue weighted by Crippen LogP contribution is -2.07. The Kier molecular flexibility index (Phi) is 4.62. The van der Waals surface area contributed by atoms with Crippen LogP contribution in [0.3, 0.4) is 0 Å². The summed E-state index contributed by atoms with van der Waals surface area (Å²) in [5.74, 6) is 0.591. The van der Waals surface area contributed by atoms with Crippen LogP contribution < -0.4 is 10.1 Å². The van der Waals surface area contributed by atoms with E-state index in [0.717, 1.165) is 23.0 Å². The number of hydrogen-bond donors (Lipinski definition) is 1. The van der Waals surface area contributed by atoms with E-state index in [1.807, 2.05) is 18.2 Å². The predicted octanol–water partition coefficient (Wildman–Crippen LogP) is 2.59. The first-order chi connectivity index (χ1) is 7.17. The third-order valence-corrected chi connectivity index (χ3v) is 2.35. The maximum atomic E-state index is 11.0. The highest BCUT2D eigenvalue weighted by Gasteiger charge is 2.05. The zero-order valence-corrected chi connectivity index (χ0v) is 10.4. The highest BCUT2D eigenvalue weighted by molar-refractivity contribution is 9.09. The van der Waals surface area contributed by atoms with Gasteiger partial charge in [0.1, 0.15) is 5.75 Å². The lowest BCUT2D eigenvalue weighted by Gasteiger charge is -2.10. The quantitative estimate of drug-likeness (QED) is 0.855. The summed E-state index contributed by atoms with van der Waals surface area (Å²) in [5.41, 5.74) is 1.89. The molecular formula is C11H14BrNO2. The molecular weight excluding hydrogens is 258 g/mol. The van der Waals surface area contributed by atoms with Crippen LogP contribution in [0.5, 0.6) is 5.75 Å². The molecule has 82 valence electrons. The number of halogens is 1. The van der Waals surface area contributed by atoms with E-state index in [1.54, 1.807) is 7.11 Å². The topological polar surface area (TPSA) is 38.3 Å². The maximum Gasteiger partial charge on any atom is 0.221 e. The minimum atomic E-state index is -0.0932. The Bertz CT molecular complexity index is 352. The third-order valence-electron chi connectivity index (χ3n) is 1.96. The molecule has 1 N–H and O–H groups in total. The number of carbonyl (C=O) groups is 1. The van der Waals surface area contributed by atoms with Gasteiger partial charge in [0.2, 0.25) is 5.91 Å². The SMILES string of the molecule is COc1ccc(CCBr)cc1NC(C)=O. The molecule has 0 aliphatic carbocycles. The molecule has 1 aromatic rings. The minimum absolute atomic E-state index is 0.0932. The standard InChI is InChI=1S/C11H14BrNO2/c1-8(14)13-10-7-9(5-6-12)3-4-11(10)15-2/h3-4,7H,5-6H2,1-2H3,(H,13,14). The average Bonchev–Trinajstić information content (AvgIpc) is 2.18. The van der Waals surface area contributed by atoms with E-state index in [1.165, 1.54) is 6.92 Å². The van der Waals surface area contributed by atoms with E-state index < -0.39 is 0 Å². The number of methoxy groups -OCH3 is 1. The number of hydrogen-bond acceptors (Lipinski definition) is 2. The molecule has 4 heteroatoms. The molecule has 15 heavy (non-hydrogen) atoms. The first-order valence-electron chi connectivity index (χ1n) is 4.68. The maximum absolute atomic E-state index is 11.0. The second-order valence-electron chi connectivity index (χ2n) is 3.15. The van der Waals surface area contributed by atoms with Gasteiger partial charge in [0.05, 0.1) is 12.8 Å². The summed E-state index contributed by atoms with van der Waals surface area (Å²) in [5, 5.41) is 3.65. The molecule has 0 radical (unpaired) electrons. The third kappa shape index (κ3) is 3.55. The van der Waals surface area contributed by atoms with Gasteiger partial charge in [0.15, 0.2) is 0 Å². The first kappa shape index (κ1) is 12.0. The van der Waals surface area contributed by atoms with Crippen LogP contribution in [0.2, 0.25) is 0 Å². The minimum Gasteiger partial charge on any atom is -0.495 e. The van der Waals surface area contributed by atoms with Gasteiger partial charge in [-0.15, -0.1) is 0 Å². The van der Waals surface area contributed by atoms with E-state index in [-0.39, 0.29) is 5.91 Å². The smallest absolute Gasteiger partial charge is 0.221 e. The summed E-state index contributed by atoms with van der Waals surface area (Å²) in [6, 6.07) is 5.79. The number of amides is 1. The van der Waals surface area contributed by atoms with Crippen molar-refractivity contribution >= 4 is 27.5 Å². The van der Waals surface area contributed by atoms with E-state index in [0.29, 0.717) is 5.75 Å². The van der Waals surface area contributed by atoms with Crippen LogP contribution in [0.4, 0.5) is 5.69 Å². The van der Waals surface area contributed by atoms with Crippen LogP contribution in [0, 0.1) is 0 Å². The van der Waals surface area contributed by atoms with Crippen molar-refractivity contribution in [3.63, 3.8) is 0 Å². The van der Waals surface area contributed by atoms with Gasteiger partial charge in [0.25, 0.3) is 0 Å². The molecule has 0 spiro atoms. The second kappa shape index (κ2) is 5.75. The molecule has 1 aromatic carbocycles. The molecule has 0 fully saturated rings. The van der Waals surface area contributed by atoms with Crippen LogP contribution in [-0.2, 0) is 11.2 Å². The summed E-state index contributed by atoms with van der Waals surface area (Å²) >= 11 is 3.38. The lowest BCUT2D eigenvalue weighted by atomic mass is 10.1. The Morgan fingerprint density at radius 3 is 2.80 bits per heavy atom. The molecule has 0 unspecified atom stereocenters. The van der Waals surface area contributed by atoms with Crippen LogP contribution in [0.25, 0.3) is 0 Å². The van der Waals surface area contributed by atoms with E-state index >= 15 is 0 Å². The number of aryl methyl sites for hydroxylation is 1. The summed E-state index contributed by atoms with van der Waals surface area (Å²) in [6.07, 6.45) is 0.927. The van der Waals surface area contributed by atoms with Crippen molar-refractivity contribution in [3.05, 3.63) is 23.8 Å². The predicted molar refractivity (Wildman–Crippen MR) is 64.8 cm³/mol. The molecule has 0 bridgehead atoms. The Hall–Kier alpha value is -1.03. The van der Waals surface area contributed by atoms with E-state index in [4.69, 9.17) is 4.74 Å². The summed E-state index contributed by atoms with van der Waals surface area (Å²) in [6.45, 7) is 1.48. The van der Waals surface area contributed by atoms with Crippen LogP contribution in [-0.4, -0.2) is 18.3 Å². The Morgan fingerprint density at radius 1 is 1.53 bits per heavy atom. The number of alkyl halides is 1. The summed E-state index contributed by atoms with van der Waals surface area (Å²) < 4.78 is 5.15. The van der Waals surface area contributed by atoms with Crippen LogP contribution in [0.15, 0.2) is 18.2 Å². The molecule has 1 rings (SSSR count). The summed E-state index contributed by atoms with van der Waals surface area (Å²) in [7, 11) is 1.59. The van der Waals surface area contributed by atoms with Crippen molar-refractivity contribution in [2.24, 2.45) is 0 Å². The van der Waals surface area contributed by atoms with Crippen molar-refractivity contribution in [2.45, 2.75) is 13.3 Å². The number of ether oxygens (including phenoxy) is 1. The monoisotopic (exact) mass is 271 g/mol. The number of carbonyl (C=O) groups excluding carboxylic acids is 1. The number of nitrogens with one attached hydrogen (secondary N) is 1. The summed E-state index contributed by atoms with van der Waals surface area (Å²) in [4.78, 5) is 11.0. The van der Waals surface area contributed by atoms with Gasteiger partial charge in [-0.05, 0) is 24.1 Å². The molecule has 0 aliphatic rings. The average molecular weight is 272 g/mol. The zero-order valence-electron chi connectivity index (χ0n) is 8.84. The molecule has 3 nitrogen and oxygen atoms in total. The largest absolute Gasteiger partial charge is 0.495 e. The van der Waals surface area contributed by atoms with Gasteiger partial charge in [0, 0.05) is 12.3 Å². The fourth-order valence-corrected chi connectivity index (χ4v) is 1.76. The highest BCUT2D eigenvalue weighted by Crippen LogP contribution is 2.25. The van der Waals surface area contributed by atoms with Crippen molar-refractivity contribution < 1.29 is 9.53 Å². The Labute approximate surface area is 97.9 Å². The van der Waals surface area contributed by atoms with E-state index in [2.05, 4.69) is 21.2 Å². The van der Waals surface area contributed by atoms with Crippen molar-refractivity contribution in [2.75, 3.05) is 17.8 Å². The van der Waals surface area contributed by atoms with Gasteiger partial charge in [-0.1, -0.05) is 22.0 Å². The van der Waals surface area contributed by atoms with Crippen LogP contribution >= 0.6 is 15.9 Å². The van der Waals surface area contributed by atoms with E-state index in [9.17, 15) is 4.79 Å². The Morgan fingerprint density at radius 2 is 2.27 bits per heavy atom. The van der Waals surface area contributed by atoms with Gasteiger partial charge >= 0.3 is 0 Å². The fraction of sp³-hybridized carbons (Fsp3) is 0.364. The van der Waals surface area contributed by atoms with Gasteiger partial charge in [-0.25, -0.2) is 0 Å². The van der Waals surface area contributed by atoms with Crippen molar-refractivity contribution in [1.29, 1.82) is 0 Å².